The first kappa shape index (κ1) is 13.1. The highest BCUT2D eigenvalue weighted by atomic mass is 32.1. The summed E-state index contributed by atoms with van der Waals surface area (Å²) in [6.45, 7) is 6.90. The Morgan fingerprint density at radius 3 is 2.80 bits per heavy atom. The van der Waals surface area contributed by atoms with E-state index in [4.69, 9.17) is 0 Å². The fraction of sp³-hybridized carbons (Fsp3) is 0.357. The van der Waals surface area contributed by atoms with E-state index in [-0.39, 0.29) is 0 Å². The third-order valence-electron chi connectivity index (χ3n) is 3.18. The smallest absolute Gasteiger partial charge is 0.157 e. The molecule has 0 spiro atoms. The number of hydrogen-bond acceptors (Lipinski definition) is 5. The van der Waals surface area contributed by atoms with Crippen LogP contribution in [0.15, 0.2) is 17.6 Å². The van der Waals surface area contributed by atoms with E-state index < -0.39 is 0 Å². The van der Waals surface area contributed by atoms with Crippen LogP contribution in [0.4, 0.5) is 5.82 Å². The van der Waals surface area contributed by atoms with E-state index >= 15 is 0 Å². The average Bonchev–Trinajstić information content (AvgIpc) is 2.95. The highest BCUT2D eigenvalue weighted by Crippen LogP contribution is 2.15. The van der Waals surface area contributed by atoms with E-state index in [1.807, 2.05) is 36.0 Å². The van der Waals surface area contributed by atoms with Crippen LogP contribution in [0.1, 0.15) is 22.0 Å². The maximum Gasteiger partial charge on any atom is 0.157 e. The Labute approximate surface area is 121 Å². The Morgan fingerprint density at radius 1 is 1.20 bits per heavy atom. The first-order valence-corrected chi connectivity index (χ1v) is 7.48. The largest absolute Gasteiger partial charge is 0.370 e. The van der Waals surface area contributed by atoms with Gasteiger partial charge in [-0.2, -0.15) is 9.61 Å². The lowest BCUT2D eigenvalue weighted by Gasteiger charge is -2.08. The van der Waals surface area contributed by atoms with Gasteiger partial charge in [-0.1, -0.05) is 0 Å². The van der Waals surface area contributed by atoms with E-state index in [0.29, 0.717) is 0 Å². The molecule has 0 aliphatic rings. The fourth-order valence-corrected chi connectivity index (χ4v) is 2.99. The molecular weight excluding hydrogens is 270 g/mol. The molecule has 0 amide bonds. The van der Waals surface area contributed by atoms with Gasteiger partial charge >= 0.3 is 0 Å². The van der Waals surface area contributed by atoms with Crippen molar-refractivity contribution in [3.63, 3.8) is 0 Å². The van der Waals surface area contributed by atoms with Crippen LogP contribution in [0, 0.1) is 20.8 Å². The van der Waals surface area contributed by atoms with Crippen LogP contribution < -0.4 is 5.32 Å². The van der Waals surface area contributed by atoms with Gasteiger partial charge in [-0.25, -0.2) is 9.97 Å². The minimum Gasteiger partial charge on any atom is -0.370 e. The summed E-state index contributed by atoms with van der Waals surface area (Å²) in [6.07, 6.45) is 0.972. The number of anilines is 1. The molecule has 0 saturated carbocycles. The molecule has 0 aliphatic heterocycles. The highest BCUT2D eigenvalue weighted by Gasteiger charge is 2.07. The monoisotopic (exact) mass is 287 g/mol. The van der Waals surface area contributed by atoms with Crippen molar-refractivity contribution < 1.29 is 0 Å². The highest BCUT2D eigenvalue weighted by molar-refractivity contribution is 7.09. The molecule has 0 aliphatic carbocycles. The number of hydrogen-bond donors (Lipinski definition) is 1. The molecule has 3 rings (SSSR count). The standard InChI is InChI=1S/C14H17N5S/c1-9-6-13(19-14(17-9)7-10(2)18-19)15-5-4-12-11(3)16-8-20-12/h6-8,15H,4-5H2,1-3H3. The predicted molar refractivity (Wildman–Crippen MR) is 81.5 cm³/mol. The van der Waals surface area contributed by atoms with Crippen molar-refractivity contribution in [2.45, 2.75) is 27.2 Å². The van der Waals surface area contributed by atoms with Gasteiger partial charge in [-0.3, -0.25) is 0 Å². The normalized spacial score (nSPS) is 11.2. The van der Waals surface area contributed by atoms with Crippen LogP contribution in [0.2, 0.25) is 0 Å². The Morgan fingerprint density at radius 2 is 2.05 bits per heavy atom. The van der Waals surface area contributed by atoms with Gasteiger partial charge in [0.05, 0.1) is 16.9 Å². The number of nitrogens with zero attached hydrogens (tertiary/aromatic N) is 4. The molecule has 6 heteroatoms. The zero-order chi connectivity index (χ0) is 14.1. The van der Waals surface area contributed by atoms with Crippen molar-refractivity contribution in [1.29, 1.82) is 0 Å². The van der Waals surface area contributed by atoms with Crippen molar-refractivity contribution >= 4 is 22.8 Å². The molecule has 0 unspecified atom stereocenters. The maximum absolute atomic E-state index is 4.48. The maximum atomic E-state index is 4.48. The van der Waals surface area contributed by atoms with Gasteiger partial charge in [0, 0.05) is 35.7 Å². The molecule has 0 atom stereocenters. The van der Waals surface area contributed by atoms with Crippen LogP contribution in [0.5, 0.6) is 0 Å². The SMILES string of the molecule is Cc1cc(NCCc2scnc2C)n2nc(C)cc2n1. The van der Waals surface area contributed by atoms with Crippen molar-refractivity contribution in [1.82, 2.24) is 19.6 Å². The molecule has 3 aromatic heterocycles. The quantitative estimate of drug-likeness (QED) is 0.801. The van der Waals surface area contributed by atoms with Gasteiger partial charge in [0.1, 0.15) is 5.82 Å². The van der Waals surface area contributed by atoms with Crippen molar-refractivity contribution in [3.8, 4) is 0 Å². The van der Waals surface area contributed by atoms with Gasteiger partial charge in [0.2, 0.25) is 0 Å². The Kier molecular flexibility index (Phi) is 3.40. The topological polar surface area (TPSA) is 55.1 Å². The molecule has 0 saturated heterocycles. The van der Waals surface area contributed by atoms with Crippen LogP contribution >= 0.6 is 11.3 Å². The summed E-state index contributed by atoms with van der Waals surface area (Å²) in [5, 5.41) is 7.92. The summed E-state index contributed by atoms with van der Waals surface area (Å²) in [5.74, 6) is 0.989. The number of aryl methyl sites for hydroxylation is 3. The molecule has 0 radical (unpaired) electrons. The second-order valence-corrected chi connectivity index (χ2v) is 5.82. The fourth-order valence-electron chi connectivity index (χ4n) is 2.21. The van der Waals surface area contributed by atoms with E-state index in [0.717, 1.165) is 41.5 Å². The van der Waals surface area contributed by atoms with Crippen LogP contribution in [0.25, 0.3) is 5.65 Å². The Hall–Kier alpha value is -1.95. The van der Waals surface area contributed by atoms with E-state index in [9.17, 15) is 0 Å². The molecule has 20 heavy (non-hydrogen) atoms. The minimum atomic E-state index is 0.862. The van der Waals surface area contributed by atoms with E-state index in [1.54, 1.807) is 11.3 Å². The summed E-state index contributed by atoms with van der Waals surface area (Å²) < 4.78 is 1.86. The molecule has 5 nitrogen and oxygen atoms in total. The van der Waals surface area contributed by atoms with Gasteiger partial charge < -0.3 is 5.32 Å². The number of rotatable bonds is 4. The first-order valence-electron chi connectivity index (χ1n) is 6.60. The summed E-state index contributed by atoms with van der Waals surface area (Å²) in [4.78, 5) is 10.1. The number of nitrogens with one attached hydrogen (secondary N) is 1. The van der Waals surface area contributed by atoms with E-state index in [2.05, 4.69) is 27.3 Å². The molecule has 3 heterocycles. The van der Waals surface area contributed by atoms with Gasteiger partial charge in [0.15, 0.2) is 5.65 Å². The molecule has 3 aromatic rings. The van der Waals surface area contributed by atoms with Gasteiger partial charge in [-0.15, -0.1) is 11.3 Å². The number of fused-ring (bicyclic) bond motifs is 1. The Bertz CT molecular complexity index is 743. The Balaban J connectivity index is 1.78. The number of thiazole rings is 1. The van der Waals surface area contributed by atoms with Crippen LogP contribution in [0.3, 0.4) is 0 Å². The summed E-state index contributed by atoms with van der Waals surface area (Å²) >= 11 is 1.71. The molecule has 0 bridgehead atoms. The zero-order valence-electron chi connectivity index (χ0n) is 11.8. The van der Waals surface area contributed by atoms with Crippen molar-refractivity contribution in [2.24, 2.45) is 0 Å². The zero-order valence-corrected chi connectivity index (χ0v) is 12.7. The summed E-state index contributed by atoms with van der Waals surface area (Å²) in [6, 6.07) is 4.02. The lowest BCUT2D eigenvalue weighted by Crippen LogP contribution is -2.10. The lowest BCUT2D eigenvalue weighted by atomic mass is 10.3. The molecule has 1 N–H and O–H groups in total. The molecule has 0 fully saturated rings. The van der Waals surface area contributed by atoms with Crippen molar-refractivity contribution in [2.75, 3.05) is 11.9 Å². The van der Waals surface area contributed by atoms with Crippen LogP contribution in [-0.2, 0) is 6.42 Å². The summed E-state index contributed by atoms with van der Waals surface area (Å²) in [5.41, 5.74) is 5.89. The lowest BCUT2D eigenvalue weighted by molar-refractivity contribution is 0.893. The van der Waals surface area contributed by atoms with Gasteiger partial charge in [-0.05, 0) is 20.8 Å². The molecule has 0 aromatic carbocycles. The second kappa shape index (κ2) is 5.20. The van der Waals surface area contributed by atoms with Crippen molar-refractivity contribution in [3.05, 3.63) is 39.6 Å². The average molecular weight is 287 g/mol. The second-order valence-electron chi connectivity index (χ2n) is 4.88. The first-order chi connectivity index (χ1) is 9.63. The molecular formula is C14H17N5S. The minimum absolute atomic E-state index is 0.862. The number of aromatic nitrogens is 4. The third kappa shape index (κ3) is 2.51. The van der Waals surface area contributed by atoms with Crippen LogP contribution in [-0.4, -0.2) is 26.1 Å². The molecule has 104 valence electrons. The van der Waals surface area contributed by atoms with E-state index in [1.165, 1.54) is 4.88 Å². The third-order valence-corrected chi connectivity index (χ3v) is 4.18. The summed E-state index contributed by atoms with van der Waals surface area (Å²) in [7, 11) is 0. The van der Waals surface area contributed by atoms with Gasteiger partial charge in [0.25, 0.3) is 0 Å². The predicted octanol–water partition coefficient (Wildman–Crippen LogP) is 2.77.